The minimum atomic E-state index is -0.0744. The molecule has 2 aromatic rings. The molecule has 2 atom stereocenters. The van der Waals surface area contributed by atoms with Gasteiger partial charge >= 0.3 is 6.03 Å². The topological polar surface area (TPSA) is 61.4 Å². The highest BCUT2D eigenvalue weighted by molar-refractivity contribution is 5.94. The van der Waals surface area contributed by atoms with Gasteiger partial charge in [-0.25, -0.2) is 4.79 Å². The van der Waals surface area contributed by atoms with Crippen LogP contribution >= 0.6 is 0 Å². The predicted molar refractivity (Wildman–Crippen MR) is 111 cm³/mol. The molecule has 1 aliphatic rings. The molecule has 1 fully saturated rings. The fourth-order valence-corrected chi connectivity index (χ4v) is 3.74. The van der Waals surface area contributed by atoms with Gasteiger partial charge in [-0.1, -0.05) is 42.5 Å². The molecule has 0 aromatic heterocycles. The van der Waals surface area contributed by atoms with Crippen molar-refractivity contribution < 1.29 is 9.59 Å². The Morgan fingerprint density at radius 2 is 1.93 bits per heavy atom. The molecule has 0 saturated carbocycles. The average Bonchev–Trinajstić information content (AvgIpc) is 2.74. The van der Waals surface area contributed by atoms with E-state index in [1.807, 2.05) is 67.3 Å². The number of hydrogen-bond donors (Lipinski definition) is 2. The van der Waals surface area contributed by atoms with Gasteiger partial charge in [0, 0.05) is 31.1 Å². The summed E-state index contributed by atoms with van der Waals surface area (Å²) in [6.45, 7) is 6.03. The zero-order chi connectivity index (χ0) is 19.9. The zero-order valence-corrected chi connectivity index (χ0v) is 16.7. The molecule has 0 radical (unpaired) electrons. The van der Waals surface area contributed by atoms with Crippen molar-refractivity contribution in [2.24, 2.45) is 0 Å². The molecule has 2 N–H and O–H groups in total. The smallest absolute Gasteiger partial charge is 0.317 e. The maximum atomic E-state index is 12.7. The third-order valence-corrected chi connectivity index (χ3v) is 5.30. The second-order valence-corrected chi connectivity index (χ2v) is 7.35. The van der Waals surface area contributed by atoms with Crippen molar-refractivity contribution in [1.29, 1.82) is 0 Å². The van der Waals surface area contributed by atoms with Crippen LogP contribution in [-0.2, 0) is 0 Å². The van der Waals surface area contributed by atoms with Crippen LogP contribution in [0.1, 0.15) is 60.1 Å². The number of hydrogen-bond acceptors (Lipinski definition) is 2. The van der Waals surface area contributed by atoms with E-state index in [1.165, 1.54) is 0 Å². The first kappa shape index (κ1) is 19.9. The molecule has 5 heteroatoms. The molecular weight excluding hydrogens is 350 g/mol. The van der Waals surface area contributed by atoms with Gasteiger partial charge in [0.2, 0.25) is 0 Å². The average molecular weight is 380 g/mol. The summed E-state index contributed by atoms with van der Waals surface area (Å²) in [6, 6.07) is 17.7. The van der Waals surface area contributed by atoms with Gasteiger partial charge in [-0.3, -0.25) is 4.79 Å². The Balaban J connectivity index is 1.68. The maximum Gasteiger partial charge on any atom is 0.317 e. The Morgan fingerprint density at radius 1 is 1.14 bits per heavy atom. The van der Waals surface area contributed by atoms with Crippen molar-refractivity contribution >= 4 is 11.9 Å². The summed E-state index contributed by atoms with van der Waals surface area (Å²) in [6.07, 6.45) is 2.00. The number of carbonyl (C=O) groups excluding carboxylic acids is 2. The normalized spacial score (nSPS) is 17.6. The van der Waals surface area contributed by atoms with Crippen LogP contribution in [0.25, 0.3) is 0 Å². The molecule has 5 nitrogen and oxygen atoms in total. The standard InChI is InChI=1S/C23H29N3O2/c1-3-24-23(28)26-14-8-13-21(16-26)19-11-7-12-20(15-19)22(27)25-17(2)18-9-5-4-6-10-18/h4-7,9-12,15,17,21H,3,8,13-14,16H2,1-2H3,(H,24,28)(H,25,27)/t17-,21+/m0/s1. The molecule has 3 rings (SSSR count). The van der Waals surface area contributed by atoms with Crippen molar-refractivity contribution in [3.8, 4) is 0 Å². The third-order valence-electron chi connectivity index (χ3n) is 5.30. The first-order valence-electron chi connectivity index (χ1n) is 10.1. The van der Waals surface area contributed by atoms with Gasteiger partial charge in [-0.15, -0.1) is 0 Å². The van der Waals surface area contributed by atoms with Crippen LogP contribution < -0.4 is 10.6 Å². The van der Waals surface area contributed by atoms with E-state index >= 15 is 0 Å². The number of rotatable bonds is 5. The molecular formula is C23H29N3O2. The van der Waals surface area contributed by atoms with Crippen LogP contribution in [0.2, 0.25) is 0 Å². The number of likely N-dealkylation sites (tertiary alicyclic amines) is 1. The van der Waals surface area contributed by atoms with Crippen LogP contribution in [0.4, 0.5) is 4.79 Å². The summed E-state index contributed by atoms with van der Waals surface area (Å²) < 4.78 is 0. The highest BCUT2D eigenvalue weighted by Gasteiger charge is 2.25. The van der Waals surface area contributed by atoms with E-state index < -0.39 is 0 Å². The maximum absolute atomic E-state index is 12.7. The first-order chi connectivity index (χ1) is 13.6. The van der Waals surface area contributed by atoms with Gasteiger partial charge < -0.3 is 15.5 Å². The zero-order valence-electron chi connectivity index (χ0n) is 16.7. The van der Waals surface area contributed by atoms with Gasteiger partial charge in [0.05, 0.1) is 6.04 Å². The molecule has 28 heavy (non-hydrogen) atoms. The fraction of sp³-hybridized carbons (Fsp3) is 0.391. The van der Waals surface area contributed by atoms with Crippen LogP contribution in [0, 0.1) is 0 Å². The van der Waals surface area contributed by atoms with E-state index in [9.17, 15) is 9.59 Å². The lowest BCUT2D eigenvalue weighted by molar-refractivity contribution is 0.0939. The van der Waals surface area contributed by atoms with Crippen molar-refractivity contribution in [1.82, 2.24) is 15.5 Å². The third kappa shape index (κ3) is 4.91. The summed E-state index contributed by atoms with van der Waals surface area (Å²) in [4.78, 5) is 26.8. The van der Waals surface area contributed by atoms with Crippen molar-refractivity contribution in [3.05, 3.63) is 71.3 Å². The Kier molecular flexibility index (Phi) is 6.69. The van der Waals surface area contributed by atoms with Crippen molar-refractivity contribution in [2.75, 3.05) is 19.6 Å². The van der Waals surface area contributed by atoms with Gasteiger partial charge in [-0.2, -0.15) is 0 Å². The van der Waals surface area contributed by atoms with Gasteiger partial charge in [0.15, 0.2) is 0 Å². The number of carbonyl (C=O) groups is 2. The molecule has 0 aliphatic carbocycles. The number of urea groups is 1. The minimum absolute atomic E-state index is 0.00205. The molecule has 1 aliphatic heterocycles. The lowest BCUT2D eigenvalue weighted by Crippen LogP contribution is -2.44. The molecule has 0 bridgehead atoms. The quantitative estimate of drug-likeness (QED) is 0.822. The van der Waals surface area contributed by atoms with Crippen molar-refractivity contribution in [2.45, 2.75) is 38.6 Å². The largest absolute Gasteiger partial charge is 0.346 e. The SMILES string of the molecule is CCNC(=O)N1CCC[C@@H](c2cccc(C(=O)N[C@@H](C)c3ccccc3)c2)C1. The molecule has 3 amide bonds. The number of piperidine rings is 1. The van der Waals surface area contributed by atoms with Crippen LogP contribution in [-0.4, -0.2) is 36.5 Å². The Hall–Kier alpha value is -2.82. The minimum Gasteiger partial charge on any atom is -0.346 e. The number of amides is 3. The predicted octanol–water partition coefficient (Wildman–Crippen LogP) is 4.09. The van der Waals surface area contributed by atoms with Gasteiger partial charge in [0.1, 0.15) is 0 Å². The summed E-state index contributed by atoms with van der Waals surface area (Å²) in [5.74, 6) is 0.185. The van der Waals surface area contributed by atoms with E-state index in [1.54, 1.807) is 0 Å². The second-order valence-electron chi connectivity index (χ2n) is 7.35. The Bertz CT molecular complexity index is 807. The number of benzene rings is 2. The van der Waals surface area contributed by atoms with Gasteiger partial charge in [-0.05, 0) is 49.9 Å². The number of nitrogens with one attached hydrogen (secondary N) is 2. The Morgan fingerprint density at radius 3 is 2.68 bits per heavy atom. The van der Waals surface area contributed by atoms with E-state index in [-0.39, 0.29) is 23.9 Å². The van der Waals surface area contributed by atoms with Crippen molar-refractivity contribution in [3.63, 3.8) is 0 Å². The van der Waals surface area contributed by atoms with E-state index in [0.29, 0.717) is 18.7 Å². The van der Waals surface area contributed by atoms with E-state index in [0.717, 1.165) is 30.5 Å². The number of nitrogens with zero attached hydrogens (tertiary/aromatic N) is 1. The molecule has 1 heterocycles. The molecule has 148 valence electrons. The molecule has 0 spiro atoms. The lowest BCUT2D eigenvalue weighted by Gasteiger charge is -2.33. The highest BCUT2D eigenvalue weighted by Crippen LogP contribution is 2.27. The first-order valence-corrected chi connectivity index (χ1v) is 10.1. The monoisotopic (exact) mass is 379 g/mol. The second kappa shape index (κ2) is 9.40. The summed E-state index contributed by atoms with van der Waals surface area (Å²) in [7, 11) is 0. The summed E-state index contributed by atoms with van der Waals surface area (Å²) >= 11 is 0. The molecule has 0 unspecified atom stereocenters. The van der Waals surface area contributed by atoms with E-state index in [4.69, 9.17) is 0 Å². The molecule has 1 saturated heterocycles. The van der Waals surface area contributed by atoms with Gasteiger partial charge in [0.25, 0.3) is 5.91 Å². The van der Waals surface area contributed by atoms with Crippen LogP contribution in [0.5, 0.6) is 0 Å². The Labute approximate surface area is 167 Å². The van der Waals surface area contributed by atoms with Crippen LogP contribution in [0.15, 0.2) is 54.6 Å². The van der Waals surface area contributed by atoms with Crippen LogP contribution in [0.3, 0.4) is 0 Å². The van der Waals surface area contributed by atoms with E-state index in [2.05, 4.69) is 16.7 Å². The summed E-state index contributed by atoms with van der Waals surface area (Å²) in [5, 5.41) is 5.95. The lowest BCUT2D eigenvalue weighted by atomic mass is 9.89. The fourth-order valence-electron chi connectivity index (χ4n) is 3.74. The molecule has 2 aromatic carbocycles. The highest BCUT2D eigenvalue weighted by atomic mass is 16.2. The summed E-state index contributed by atoms with van der Waals surface area (Å²) in [5.41, 5.74) is 2.86.